The van der Waals surface area contributed by atoms with E-state index in [-0.39, 0.29) is 23.9 Å². The number of aromatic nitrogens is 1. The Morgan fingerprint density at radius 2 is 2.05 bits per heavy atom. The van der Waals surface area contributed by atoms with E-state index in [1.807, 2.05) is 13.0 Å². The predicted molar refractivity (Wildman–Crippen MR) is 67.3 cm³/mol. The first kappa shape index (κ1) is 11.8. The van der Waals surface area contributed by atoms with Gasteiger partial charge in [0.25, 0.3) is 5.56 Å². The topological polar surface area (TPSA) is 72.3 Å². The van der Waals surface area contributed by atoms with E-state index in [0.29, 0.717) is 22.8 Å². The third-order valence-electron chi connectivity index (χ3n) is 3.22. The average Bonchev–Trinajstić information content (AvgIpc) is 2.73. The number of pyridine rings is 1. The second-order valence-corrected chi connectivity index (χ2v) is 4.74. The van der Waals surface area contributed by atoms with Crippen molar-refractivity contribution in [1.29, 1.82) is 0 Å². The van der Waals surface area contributed by atoms with Gasteiger partial charge in [0, 0.05) is 11.8 Å². The summed E-state index contributed by atoms with van der Waals surface area (Å²) < 4.78 is 10.7. The van der Waals surface area contributed by atoms with Crippen LogP contribution in [0.25, 0.3) is 0 Å². The zero-order valence-corrected chi connectivity index (χ0v) is 10.6. The molecular formula is C14H13NO4. The maximum Gasteiger partial charge on any atom is 0.312 e. The molecule has 0 radical (unpaired) electrons. The highest BCUT2D eigenvalue weighted by atomic mass is 16.5. The fourth-order valence-electron chi connectivity index (χ4n) is 2.40. The Hall–Kier alpha value is -2.30. The SMILES string of the molecule is Cc1cc2c(c(=O)[nH]1)[C@@H](c1ccc(C)o1)CC(=O)O2. The smallest absolute Gasteiger partial charge is 0.312 e. The molecule has 2 aromatic rings. The van der Waals surface area contributed by atoms with Crippen LogP contribution in [0, 0.1) is 13.8 Å². The summed E-state index contributed by atoms with van der Waals surface area (Å²) in [6, 6.07) is 5.27. The fraction of sp³-hybridized carbons (Fsp3) is 0.286. The molecule has 3 heterocycles. The normalized spacial score (nSPS) is 18.0. The van der Waals surface area contributed by atoms with Gasteiger partial charge in [-0.15, -0.1) is 0 Å². The van der Waals surface area contributed by atoms with Crippen LogP contribution in [0.4, 0.5) is 0 Å². The lowest BCUT2D eigenvalue weighted by Crippen LogP contribution is -2.28. The van der Waals surface area contributed by atoms with Gasteiger partial charge >= 0.3 is 5.97 Å². The number of rotatable bonds is 1. The van der Waals surface area contributed by atoms with Crippen LogP contribution in [0.5, 0.6) is 5.75 Å². The van der Waals surface area contributed by atoms with Crippen molar-refractivity contribution in [3.05, 3.63) is 51.3 Å². The minimum absolute atomic E-state index is 0.117. The molecular weight excluding hydrogens is 246 g/mol. The first-order valence-corrected chi connectivity index (χ1v) is 6.05. The van der Waals surface area contributed by atoms with Gasteiger partial charge in [-0.1, -0.05) is 0 Å². The Bertz CT molecular complexity index is 710. The van der Waals surface area contributed by atoms with Crippen LogP contribution < -0.4 is 10.3 Å². The molecule has 0 saturated carbocycles. The number of furan rings is 1. The fourth-order valence-corrected chi connectivity index (χ4v) is 2.40. The Kier molecular flexibility index (Phi) is 2.55. The Balaban J connectivity index is 2.19. The van der Waals surface area contributed by atoms with E-state index in [0.717, 1.165) is 5.76 Å². The zero-order valence-electron chi connectivity index (χ0n) is 10.6. The number of hydrogen-bond donors (Lipinski definition) is 1. The number of nitrogens with one attached hydrogen (secondary N) is 1. The van der Waals surface area contributed by atoms with Gasteiger partial charge in [0.15, 0.2) is 0 Å². The highest BCUT2D eigenvalue weighted by molar-refractivity contribution is 5.77. The van der Waals surface area contributed by atoms with E-state index in [4.69, 9.17) is 9.15 Å². The molecule has 0 spiro atoms. The van der Waals surface area contributed by atoms with E-state index < -0.39 is 0 Å². The van der Waals surface area contributed by atoms with Gasteiger partial charge in [-0.2, -0.15) is 0 Å². The molecule has 0 aliphatic carbocycles. The van der Waals surface area contributed by atoms with E-state index in [1.54, 1.807) is 19.1 Å². The Morgan fingerprint density at radius 3 is 2.74 bits per heavy atom. The van der Waals surface area contributed by atoms with Gasteiger partial charge in [0.05, 0.1) is 17.9 Å². The van der Waals surface area contributed by atoms with E-state index >= 15 is 0 Å². The number of H-pyrrole nitrogens is 1. The molecule has 0 aromatic carbocycles. The highest BCUT2D eigenvalue weighted by Crippen LogP contribution is 2.37. The van der Waals surface area contributed by atoms with Crippen LogP contribution in [-0.4, -0.2) is 11.0 Å². The van der Waals surface area contributed by atoms with Crippen molar-refractivity contribution >= 4 is 5.97 Å². The number of carbonyl (C=O) groups excluding carboxylic acids is 1. The van der Waals surface area contributed by atoms with Crippen molar-refractivity contribution in [2.24, 2.45) is 0 Å². The third kappa shape index (κ3) is 1.97. The van der Waals surface area contributed by atoms with Crippen molar-refractivity contribution in [2.45, 2.75) is 26.2 Å². The first-order valence-electron chi connectivity index (χ1n) is 6.05. The monoisotopic (exact) mass is 259 g/mol. The summed E-state index contributed by atoms with van der Waals surface area (Å²) in [6.45, 7) is 3.57. The number of aryl methyl sites for hydroxylation is 2. The number of fused-ring (bicyclic) bond motifs is 1. The third-order valence-corrected chi connectivity index (χ3v) is 3.22. The molecule has 2 aromatic heterocycles. The van der Waals surface area contributed by atoms with Crippen molar-refractivity contribution in [1.82, 2.24) is 4.98 Å². The van der Waals surface area contributed by atoms with Gasteiger partial charge in [-0.25, -0.2) is 0 Å². The molecule has 1 atom stereocenters. The first-order chi connectivity index (χ1) is 9.04. The average molecular weight is 259 g/mol. The lowest BCUT2D eigenvalue weighted by atomic mass is 9.91. The molecule has 0 saturated heterocycles. The minimum Gasteiger partial charge on any atom is -0.466 e. The van der Waals surface area contributed by atoms with Crippen LogP contribution in [0.15, 0.2) is 27.4 Å². The molecule has 0 fully saturated rings. The van der Waals surface area contributed by atoms with E-state index in [9.17, 15) is 9.59 Å². The molecule has 3 rings (SSSR count). The van der Waals surface area contributed by atoms with Gasteiger partial charge < -0.3 is 14.1 Å². The molecule has 19 heavy (non-hydrogen) atoms. The standard InChI is InChI=1S/C14H13NO4/c1-7-5-11-13(14(17)15-7)9(6-12(16)19-11)10-4-3-8(2)18-10/h3-5,9H,6H2,1-2H3,(H,15,17)/t9-/m1/s1. The Labute approximate surface area is 109 Å². The molecule has 0 bridgehead atoms. The summed E-state index contributed by atoms with van der Waals surface area (Å²) >= 11 is 0. The van der Waals surface area contributed by atoms with Crippen molar-refractivity contribution in [3.63, 3.8) is 0 Å². The summed E-state index contributed by atoms with van der Waals surface area (Å²) in [5, 5.41) is 0. The minimum atomic E-state index is -0.380. The van der Waals surface area contributed by atoms with E-state index in [1.165, 1.54) is 0 Å². The maximum atomic E-state index is 12.1. The predicted octanol–water partition coefficient (Wildman–Crippen LogP) is 2.03. The number of aromatic amines is 1. The molecule has 5 nitrogen and oxygen atoms in total. The number of ether oxygens (including phenoxy) is 1. The molecule has 0 unspecified atom stereocenters. The highest BCUT2D eigenvalue weighted by Gasteiger charge is 2.33. The molecule has 1 aliphatic heterocycles. The van der Waals surface area contributed by atoms with Crippen LogP contribution in [-0.2, 0) is 4.79 Å². The second kappa shape index (κ2) is 4.12. The van der Waals surface area contributed by atoms with Crippen LogP contribution >= 0.6 is 0 Å². The van der Waals surface area contributed by atoms with Gasteiger partial charge in [0.2, 0.25) is 0 Å². The van der Waals surface area contributed by atoms with Crippen LogP contribution in [0.3, 0.4) is 0 Å². The van der Waals surface area contributed by atoms with Gasteiger partial charge in [-0.3, -0.25) is 9.59 Å². The maximum absolute atomic E-state index is 12.1. The second-order valence-electron chi connectivity index (χ2n) is 4.74. The molecule has 1 aliphatic rings. The van der Waals surface area contributed by atoms with Gasteiger partial charge in [0.1, 0.15) is 17.3 Å². The summed E-state index contributed by atoms with van der Waals surface area (Å²) in [5.74, 6) is 0.964. The summed E-state index contributed by atoms with van der Waals surface area (Å²) in [7, 11) is 0. The largest absolute Gasteiger partial charge is 0.466 e. The summed E-state index contributed by atoms with van der Waals surface area (Å²) in [5.41, 5.74) is 0.883. The lowest BCUT2D eigenvalue weighted by molar-refractivity contribution is -0.135. The molecule has 1 N–H and O–H groups in total. The molecule has 5 heteroatoms. The lowest BCUT2D eigenvalue weighted by Gasteiger charge is -2.22. The van der Waals surface area contributed by atoms with Crippen molar-refractivity contribution in [2.75, 3.05) is 0 Å². The number of hydrogen-bond acceptors (Lipinski definition) is 4. The van der Waals surface area contributed by atoms with Gasteiger partial charge in [-0.05, 0) is 26.0 Å². The zero-order chi connectivity index (χ0) is 13.6. The van der Waals surface area contributed by atoms with Crippen molar-refractivity contribution < 1.29 is 13.9 Å². The number of carbonyl (C=O) groups is 1. The Morgan fingerprint density at radius 1 is 1.26 bits per heavy atom. The van der Waals surface area contributed by atoms with Crippen LogP contribution in [0.1, 0.15) is 35.1 Å². The summed E-state index contributed by atoms with van der Waals surface area (Å²) in [4.78, 5) is 26.5. The van der Waals surface area contributed by atoms with Crippen LogP contribution in [0.2, 0.25) is 0 Å². The number of esters is 1. The molecule has 0 amide bonds. The summed E-state index contributed by atoms with van der Waals surface area (Å²) in [6.07, 6.45) is 0.117. The van der Waals surface area contributed by atoms with E-state index in [2.05, 4.69) is 4.98 Å². The quantitative estimate of drug-likeness (QED) is 0.795. The van der Waals surface area contributed by atoms with Crippen molar-refractivity contribution in [3.8, 4) is 5.75 Å². The molecule has 98 valence electrons.